The standard InChI is InChI=1S/C17H17FN4O2/c18-13-1-3-14(4-2-13)21-9-10-22(15(11-21)16(19)23)17(24)12-5-7-20-8-6-12/h1-8,15H,9-11H2,(H2,19,23). The van der Waals surface area contributed by atoms with Crippen LogP contribution in [0.1, 0.15) is 10.4 Å². The number of nitrogens with zero attached hydrogens (tertiary/aromatic N) is 3. The van der Waals surface area contributed by atoms with E-state index in [2.05, 4.69) is 4.98 Å². The fourth-order valence-electron chi connectivity index (χ4n) is 2.82. The molecule has 3 rings (SSSR count). The predicted octanol–water partition coefficient (Wildman–Crippen LogP) is 1.04. The van der Waals surface area contributed by atoms with E-state index < -0.39 is 11.9 Å². The van der Waals surface area contributed by atoms with Crippen molar-refractivity contribution in [3.8, 4) is 0 Å². The zero-order valence-electron chi connectivity index (χ0n) is 12.9. The molecule has 7 heteroatoms. The molecule has 24 heavy (non-hydrogen) atoms. The normalized spacial score (nSPS) is 17.6. The number of pyridine rings is 1. The molecule has 2 heterocycles. The lowest BCUT2D eigenvalue weighted by atomic mass is 10.1. The van der Waals surface area contributed by atoms with Gasteiger partial charge < -0.3 is 15.5 Å². The molecule has 2 aromatic rings. The first-order chi connectivity index (χ1) is 11.6. The van der Waals surface area contributed by atoms with Gasteiger partial charge in [-0.25, -0.2) is 4.39 Å². The Hall–Kier alpha value is -2.96. The Labute approximate surface area is 138 Å². The van der Waals surface area contributed by atoms with Crippen molar-refractivity contribution in [1.29, 1.82) is 0 Å². The number of benzene rings is 1. The zero-order chi connectivity index (χ0) is 17.1. The van der Waals surface area contributed by atoms with Crippen LogP contribution in [-0.2, 0) is 4.79 Å². The molecular weight excluding hydrogens is 311 g/mol. The van der Waals surface area contributed by atoms with Crippen LogP contribution < -0.4 is 10.6 Å². The predicted molar refractivity (Wildman–Crippen MR) is 86.9 cm³/mol. The van der Waals surface area contributed by atoms with Gasteiger partial charge in [0.1, 0.15) is 11.9 Å². The van der Waals surface area contributed by atoms with E-state index in [9.17, 15) is 14.0 Å². The Bertz CT molecular complexity index is 736. The molecule has 1 aromatic heterocycles. The van der Waals surface area contributed by atoms with Gasteiger partial charge in [0.25, 0.3) is 5.91 Å². The van der Waals surface area contributed by atoms with Crippen molar-refractivity contribution >= 4 is 17.5 Å². The summed E-state index contributed by atoms with van der Waals surface area (Å²) >= 11 is 0. The Morgan fingerprint density at radius 1 is 1.08 bits per heavy atom. The highest BCUT2D eigenvalue weighted by Crippen LogP contribution is 2.21. The van der Waals surface area contributed by atoms with Gasteiger partial charge in [0.15, 0.2) is 0 Å². The maximum atomic E-state index is 13.1. The number of hydrogen-bond donors (Lipinski definition) is 1. The van der Waals surface area contributed by atoms with Crippen LogP contribution in [0.25, 0.3) is 0 Å². The van der Waals surface area contributed by atoms with Crippen molar-refractivity contribution in [2.24, 2.45) is 5.73 Å². The number of aromatic nitrogens is 1. The van der Waals surface area contributed by atoms with Gasteiger partial charge in [-0.05, 0) is 36.4 Å². The van der Waals surface area contributed by atoms with Crippen LogP contribution >= 0.6 is 0 Å². The third-order valence-corrected chi connectivity index (χ3v) is 4.09. The number of carbonyl (C=O) groups is 2. The van der Waals surface area contributed by atoms with Gasteiger partial charge in [0.2, 0.25) is 5.91 Å². The van der Waals surface area contributed by atoms with E-state index in [-0.39, 0.29) is 18.3 Å². The quantitative estimate of drug-likeness (QED) is 0.913. The van der Waals surface area contributed by atoms with Gasteiger partial charge in [-0.3, -0.25) is 14.6 Å². The molecule has 6 nitrogen and oxygen atoms in total. The summed E-state index contributed by atoms with van der Waals surface area (Å²) in [6.45, 7) is 1.16. The maximum absolute atomic E-state index is 13.1. The number of nitrogens with two attached hydrogens (primary N) is 1. The van der Waals surface area contributed by atoms with Crippen molar-refractivity contribution in [3.05, 3.63) is 60.2 Å². The van der Waals surface area contributed by atoms with Crippen molar-refractivity contribution in [1.82, 2.24) is 9.88 Å². The van der Waals surface area contributed by atoms with E-state index in [1.54, 1.807) is 24.3 Å². The minimum atomic E-state index is -0.746. The van der Waals surface area contributed by atoms with E-state index in [4.69, 9.17) is 5.73 Å². The minimum Gasteiger partial charge on any atom is -0.368 e. The third kappa shape index (κ3) is 3.19. The van der Waals surface area contributed by atoms with E-state index in [1.165, 1.54) is 29.4 Å². The van der Waals surface area contributed by atoms with E-state index in [1.807, 2.05) is 4.90 Å². The highest BCUT2D eigenvalue weighted by atomic mass is 19.1. The second kappa shape index (κ2) is 6.66. The summed E-state index contributed by atoms with van der Waals surface area (Å²) in [5.41, 5.74) is 6.76. The fourth-order valence-corrected chi connectivity index (χ4v) is 2.82. The first kappa shape index (κ1) is 15.9. The number of rotatable bonds is 3. The lowest BCUT2D eigenvalue weighted by molar-refractivity contribution is -0.122. The molecule has 2 amide bonds. The van der Waals surface area contributed by atoms with Crippen molar-refractivity contribution in [2.75, 3.05) is 24.5 Å². The molecule has 1 atom stereocenters. The molecule has 0 saturated carbocycles. The van der Waals surface area contributed by atoms with Crippen molar-refractivity contribution in [3.63, 3.8) is 0 Å². The van der Waals surface area contributed by atoms with Crippen LogP contribution in [-0.4, -0.2) is 47.4 Å². The smallest absolute Gasteiger partial charge is 0.254 e. The molecular formula is C17H17FN4O2. The summed E-state index contributed by atoms with van der Waals surface area (Å²) in [7, 11) is 0. The molecule has 0 aliphatic carbocycles. The zero-order valence-corrected chi connectivity index (χ0v) is 12.9. The lowest BCUT2D eigenvalue weighted by Gasteiger charge is -2.41. The van der Waals surface area contributed by atoms with Gasteiger partial charge >= 0.3 is 0 Å². The number of hydrogen-bond acceptors (Lipinski definition) is 4. The van der Waals surface area contributed by atoms with Crippen LogP contribution in [0, 0.1) is 5.82 Å². The molecule has 1 fully saturated rings. The first-order valence-electron chi connectivity index (χ1n) is 7.57. The van der Waals surface area contributed by atoms with Gasteiger partial charge in [-0.1, -0.05) is 0 Å². The molecule has 0 bridgehead atoms. The summed E-state index contributed by atoms with van der Waals surface area (Å²) < 4.78 is 13.1. The monoisotopic (exact) mass is 328 g/mol. The molecule has 0 radical (unpaired) electrons. The summed E-state index contributed by atoms with van der Waals surface area (Å²) in [6, 6.07) is 8.48. The van der Waals surface area contributed by atoms with Crippen molar-refractivity contribution < 1.29 is 14.0 Å². The number of amides is 2. The molecule has 1 unspecified atom stereocenters. The van der Waals surface area contributed by atoms with Gasteiger partial charge in [-0.2, -0.15) is 0 Å². The number of primary amides is 1. The Kier molecular flexibility index (Phi) is 4.41. The number of halogens is 1. The highest BCUT2D eigenvalue weighted by molar-refractivity contribution is 5.97. The summed E-state index contributed by atoms with van der Waals surface area (Å²) in [4.78, 5) is 31.8. The number of piperazine rings is 1. The van der Waals surface area contributed by atoms with Gasteiger partial charge in [0.05, 0.1) is 0 Å². The molecule has 124 valence electrons. The topological polar surface area (TPSA) is 79.5 Å². The highest BCUT2D eigenvalue weighted by Gasteiger charge is 2.34. The largest absolute Gasteiger partial charge is 0.368 e. The molecule has 1 aliphatic heterocycles. The van der Waals surface area contributed by atoms with Crippen LogP contribution in [0.15, 0.2) is 48.8 Å². The Morgan fingerprint density at radius 2 is 1.75 bits per heavy atom. The summed E-state index contributed by atoms with van der Waals surface area (Å²) in [6.07, 6.45) is 3.06. The molecule has 0 spiro atoms. The number of carbonyl (C=O) groups excluding carboxylic acids is 2. The molecule has 2 N–H and O–H groups in total. The van der Waals surface area contributed by atoms with E-state index in [0.717, 1.165) is 5.69 Å². The summed E-state index contributed by atoms with van der Waals surface area (Å²) in [5.74, 6) is -1.14. The summed E-state index contributed by atoms with van der Waals surface area (Å²) in [5, 5.41) is 0. The number of anilines is 1. The van der Waals surface area contributed by atoms with Crippen LogP contribution in [0.3, 0.4) is 0 Å². The average molecular weight is 328 g/mol. The molecule has 1 aliphatic rings. The van der Waals surface area contributed by atoms with Gasteiger partial charge in [0, 0.05) is 43.3 Å². The average Bonchev–Trinajstić information content (AvgIpc) is 2.62. The first-order valence-corrected chi connectivity index (χ1v) is 7.57. The SMILES string of the molecule is NC(=O)C1CN(c2ccc(F)cc2)CCN1C(=O)c1ccncc1. The second-order valence-electron chi connectivity index (χ2n) is 5.58. The van der Waals surface area contributed by atoms with E-state index >= 15 is 0 Å². The van der Waals surface area contributed by atoms with Crippen LogP contribution in [0.4, 0.5) is 10.1 Å². The van der Waals surface area contributed by atoms with Gasteiger partial charge in [-0.15, -0.1) is 0 Å². The van der Waals surface area contributed by atoms with E-state index in [0.29, 0.717) is 18.7 Å². The fraction of sp³-hybridized carbons (Fsp3) is 0.235. The second-order valence-corrected chi connectivity index (χ2v) is 5.58. The van der Waals surface area contributed by atoms with Crippen LogP contribution in [0.5, 0.6) is 0 Å². The third-order valence-electron chi connectivity index (χ3n) is 4.09. The molecule has 1 saturated heterocycles. The lowest BCUT2D eigenvalue weighted by Crippen LogP contribution is -2.60. The molecule has 1 aromatic carbocycles. The Balaban J connectivity index is 1.80. The minimum absolute atomic E-state index is 0.250. The maximum Gasteiger partial charge on any atom is 0.254 e. The Morgan fingerprint density at radius 3 is 2.38 bits per heavy atom. The van der Waals surface area contributed by atoms with Crippen molar-refractivity contribution in [2.45, 2.75) is 6.04 Å². The van der Waals surface area contributed by atoms with Crippen LogP contribution in [0.2, 0.25) is 0 Å².